The van der Waals surface area contributed by atoms with Gasteiger partial charge < -0.3 is 4.74 Å². The van der Waals surface area contributed by atoms with Crippen molar-refractivity contribution >= 4 is 16.1 Å². The van der Waals surface area contributed by atoms with Gasteiger partial charge in [-0.3, -0.25) is 0 Å². The quantitative estimate of drug-likeness (QED) is 0.900. The lowest BCUT2D eigenvalue weighted by atomic mass is 9.70. The summed E-state index contributed by atoms with van der Waals surface area (Å²) in [4.78, 5) is 12.1. The topological polar surface area (TPSA) is 72.5 Å². The van der Waals surface area contributed by atoms with Gasteiger partial charge in [0.05, 0.1) is 4.90 Å². The molecule has 3 atom stereocenters. The summed E-state index contributed by atoms with van der Waals surface area (Å²) in [5, 5.41) is 0. The molecule has 0 bridgehead atoms. The first-order chi connectivity index (χ1) is 11.4. The highest BCUT2D eigenvalue weighted by atomic mass is 32.2. The minimum absolute atomic E-state index is 0.0704. The van der Waals surface area contributed by atoms with Crippen molar-refractivity contribution in [3.05, 3.63) is 29.8 Å². The molecule has 1 aromatic carbocycles. The van der Waals surface area contributed by atoms with Crippen molar-refractivity contribution in [2.45, 2.75) is 62.9 Å². The Hall–Kier alpha value is -1.56. The van der Waals surface area contributed by atoms with Crippen molar-refractivity contribution in [2.24, 2.45) is 11.8 Å². The van der Waals surface area contributed by atoms with E-state index in [0.717, 1.165) is 30.7 Å². The van der Waals surface area contributed by atoms with Crippen LogP contribution in [0.25, 0.3) is 0 Å². The molecule has 2 fully saturated rings. The molecule has 1 N–H and O–H groups in total. The zero-order valence-electron chi connectivity index (χ0n) is 14.0. The smallest absolute Gasteiger partial charge is 0.421 e. The average molecular weight is 351 g/mol. The largest absolute Gasteiger partial charge is 0.446 e. The average Bonchev–Trinajstić information content (AvgIpc) is 2.54. The maximum atomic E-state index is 12.2. The number of hydrogen-bond acceptors (Lipinski definition) is 4. The number of benzene rings is 1. The number of nitrogens with one attached hydrogen (secondary N) is 1. The van der Waals surface area contributed by atoms with Crippen molar-refractivity contribution in [3.63, 3.8) is 0 Å². The van der Waals surface area contributed by atoms with Crippen molar-refractivity contribution in [1.82, 2.24) is 4.72 Å². The molecule has 0 aromatic heterocycles. The summed E-state index contributed by atoms with van der Waals surface area (Å²) in [5.74, 6) is 1.39. The molecular formula is C18H25NO4S. The Morgan fingerprint density at radius 1 is 1.04 bits per heavy atom. The molecule has 0 aliphatic heterocycles. The molecule has 0 saturated heterocycles. The van der Waals surface area contributed by atoms with E-state index in [2.05, 4.69) is 0 Å². The normalized spacial score (nSPS) is 27.1. The summed E-state index contributed by atoms with van der Waals surface area (Å²) in [7, 11) is -3.87. The first-order valence-corrected chi connectivity index (χ1v) is 10.2. The van der Waals surface area contributed by atoms with Gasteiger partial charge in [0.25, 0.3) is 10.0 Å². The van der Waals surface area contributed by atoms with E-state index < -0.39 is 16.1 Å². The Balaban J connectivity index is 1.56. The maximum Gasteiger partial charge on any atom is 0.421 e. The van der Waals surface area contributed by atoms with Gasteiger partial charge in [-0.15, -0.1) is 0 Å². The van der Waals surface area contributed by atoms with Crippen LogP contribution in [0.1, 0.15) is 50.5 Å². The molecule has 0 spiro atoms. The Kier molecular flexibility index (Phi) is 5.13. The fourth-order valence-electron chi connectivity index (χ4n) is 4.00. The van der Waals surface area contributed by atoms with Gasteiger partial charge in [-0.25, -0.2) is 17.9 Å². The fourth-order valence-corrected chi connectivity index (χ4v) is 4.88. The zero-order valence-corrected chi connectivity index (χ0v) is 14.8. The van der Waals surface area contributed by atoms with Crippen LogP contribution in [0.4, 0.5) is 4.79 Å². The van der Waals surface area contributed by atoms with Gasteiger partial charge in [-0.1, -0.05) is 43.4 Å². The summed E-state index contributed by atoms with van der Waals surface area (Å²) in [6.45, 7) is 1.87. The van der Waals surface area contributed by atoms with E-state index in [1.54, 1.807) is 12.1 Å². The summed E-state index contributed by atoms with van der Waals surface area (Å²) >= 11 is 0. The molecule has 2 saturated carbocycles. The van der Waals surface area contributed by atoms with Crippen LogP contribution in [-0.4, -0.2) is 20.6 Å². The molecule has 132 valence electrons. The number of sulfonamides is 1. The molecule has 5 nitrogen and oxygen atoms in total. The second kappa shape index (κ2) is 7.13. The van der Waals surface area contributed by atoms with E-state index in [-0.39, 0.29) is 11.0 Å². The maximum absolute atomic E-state index is 12.2. The van der Waals surface area contributed by atoms with Crippen LogP contribution >= 0.6 is 0 Å². The lowest BCUT2D eigenvalue weighted by Crippen LogP contribution is -2.37. The lowest BCUT2D eigenvalue weighted by molar-refractivity contribution is 0.0301. The Bertz CT molecular complexity index is 683. The molecule has 2 aliphatic rings. The molecule has 0 heterocycles. The third-order valence-corrected chi connectivity index (χ3v) is 6.64. The fraction of sp³-hybridized carbons (Fsp3) is 0.611. The third kappa shape index (κ3) is 4.09. The molecule has 1 aromatic rings. The Morgan fingerprint density at radius 2 is 1.71 bits per heavy atom. The van der Waals surface area contributed by atoms with Gasteiger partial charge in [0.2, 0.25) is 0 Å². The predicted molar refractivity (Wildman–Crippen MR) is 91.1 cm³/mol. The number of fused-ring (bicyclic) bond motifs is 1. The van der Waals surface area contributed by atoms with Crippen LogP contribution in [0.5, 0.6) is 0 Å². The Labute approximate surface area is 143 Å². The number of hydrogen-bond donors (Lipinski definition) is 1. The number of aryl methyl sites for hydroxylation is 1. The van der Waals surface area contributed by atoms with E-state index in [0.29, 0.717) is 5.92 Å². The number of ether oxygens (including phenoxy) is 1. The highest BCUT2D eigenvalue weighted by Gasteiger charge is 2.34. The molecule has 0 unspecified atom stereocenters. The van der Waals surface area contributed by atoms with Gasteiger partial charge in [0.1, 0.15) is 6.10 Å². The second-order valence-electron chi connectivity index (χ2n) is 7.06. The van der Waals surface area contributed by atoms with Crippen molar-refractivity contribution < 1.29 is 17.9 Å². The first-order valence-electron chi connectivity index (χ1n) is 8.74. The van der Waals surface area contributed by atoms with Crippen LogP contribution in [0.3, 0.4) is 0 Å². The van der Waals surface area contributed by atoms with E-state index in [4.69, 9.17) is 4.74 Å². The molecule has 24 heavy (non-hydrogen) atoms. The molecular weight excluding hydrogens is 326 g/mol. The van der Waals surface area contributed by atoms with Gasteiger partial charge in [0, 0.05) is 0 Å². The van der Waals surface area contributed by atoms with E-state index >= 15 is 0 Å². The van der Waals surface area contributed by atoms with Crippen molar-refractivity contribution in [3.8, 4) is 0 Å². The number of carbonyl (C=O) groups excluding carboxylic acids is 1. The second-order valence-corrected chi connectivity index (χ2v) is 8.75. The lowest BCUT2D eigenvalue weighted by Gasteiger charge is -2.38. The predicted octanol–water partition coefficient (Wildman–Crippen LogP) is 3.77. The van der Waals surface area contributed by atoms with E-state index in [9.17, 15) is 13.2 Å². The van der Waals surface area contributed by atoms with E-state index in [1.165, 1.54) is 37.8 Å². The number of carbonyl (C=O) groups is 1. The first kappa shape index (κ1) is 17.3. The highest BCUT2D eigenvalue weighted by Crippen LogP contribution is 2.41. The molecule has 6 heteroatoms. The minimum Gasteiger partial charge on any atom is -0.446 e. The van der Waals surface area contributed by atoms with Crippen LogP contribution < -0.4 is 4.72 Å². The van der Waals surface area contributed by atoms with Gasteiger partial charge in [-0.05, 0) is 50.2 Å². The SMILES string of the molecule is Cc1ccc(S(=O)(=O)NC(=O)O[C@@H]2CC[C@@H]3CCCC[C@H]3C2)cc1. The zero-order chi connectivity index (χ0) is 17.2. The molecule has 1 amide bonds. The molecule has 3 rings (SSSR count). The number of amides is 1. The summed E-state index contributed by atoms with van der Waals surface area (Å²) < 4.78 is 31.8. The van der Waals surface area contributed by atoms with E-state index in [1.807, 2.05) is 11.6 Å². The third-order valence-electron chi connectivity index (χ3n) is 5.31. The van der Waals surface area contributed by atoms with Crippen LogP contribution in [0.2, 0.25) is 0 Å². The van der Waals surface area contributed by atoms with Gasteiger partial charge >= 0.3 is 6.09 Å². The molecule has 2 aliphatic carbocycles. The van der Waals surface area contributed by atoms with Gasteiger partial charge in [0.15, 0.2) is 0 Å². The molecule has 0 radical (unpaired) electrons. The summed E-state index contributed by atoms with van der Waals surface area (Å²) in [5.41, 5.74) is 0.959. The monoisotopic (exact) mass is 351 g/mol. The van der Waals surface area contributed by atoms with Crippen LogP contribution in [0.15, 0.2) is 29.2 Å². The van der Waals surface area contributed by atoms with Crippen molar-refractivity contribution in [2.75, 3.05) is 0 Å². The number of rotatable bonds is 3. The van der Waals surface area contributed by atoms with Crippen LogP contribution in [0, 0.1) is 18.8 Å². The summed E-state index contributed by atoms with van der Waals surface area (Å²) in [6.07, 6.45) is 6.78. The van der Waals surface area contributed by atoms with Crippen molar-refractivity contribution in [1.29, 1.82) is 0 Å². The standard InChI is InChI=1S/C18H25NO4S/c1-13-6-10-17(11-7-13)24(21,22)19-18(20)23-16-9-8-14-4-2-3-5-15(14)12-16/h6-7,10-11,14-16H,2-5,8-9,12H2,1H3,(H,19,20)/t14-,15-,16+/m0/s1. The Morgan fingerprint density at radius 3 is 2.42 bits per heavy atom. The summed E-state index contributed by atoms with van der Waals surface area (Å²) in [6, 6.07) is 6.37. The highest BCUT2D eigenvalue weighted by molar-refractivity contribution is 7.90. The van der Waals surface area contributed by atoms with Gasteiger partial charge in [-0.2, -0.15) is 0 Å². The van der Waals surface area contributed by atoms with Crippen LogP contribution in [-0.2, 0) is 14.8 Å². The minimum atomic E-state index is -3.87.